The zero-order valence-electron chi connectivity index (χ0n) is 7.99. The maximum absolute atomic E-state index is 8.69. The fraction of sp³-hybridized carbons (Fsp3) is 0.556. The molecule has 4 heteroatoms. The summed E-state index contributed by atoms with van der Waals surface area (Å²) in [7, 11) is 0. The van der Waals surface area contributed by atoms with Crippen molar-refractivity contribution in [3.8, 4) is 0 Å². The molecule has 0 aliphatic rings. The predicted octanol–water partition coefficient (Wildman–Crippen LogP) is 0.968. The Hall–Kier alpha value is -1.16. The van der Waals surface area contributed by atoms with E-state index in [-0.39, 0.29) is 12.6 Å². The molecule has 0 saturated carbocycles. The van der Waals surface area contributed by atoms with Crippen LogP contribution in [-0.4, -0.2) is 27.7 Å². The highest BCUT2D eigenvalue weighted by Gasteiger charge is 2.01. The Balaban J connectivity index is 2.53. The van der Waals surface area contributed by atoms with E-state index in [1.807, 2.05) is 13.8 Å². The van der Waals surface area contributed by atoms with Crippen LogP contribution in [0.4, 0.5) is 5.82 Å². The van der Waals surface area contributed by atoms with Crippen LogP contribution < -0.4 is 5.32 Å². The van der Waals surface area contributed by atoms with Crippen molar-refractivity contribution in [1.82, 2.24) is 9.97 Å². The van der Waals surface area contributed by atoms with Crippen LogP contribution in [0.1, 0.15) is 19.0 Å². The number of nitrogens with zero attached hydrogens (tertiary/aromatic N) is 2. The molecule has 1 atom stereocenters. The van der Waals surface area contributed by atoms with Crippen LogP contribution in [0.5, 0.6) is 0 Å². The molecule has 0 spiro atoms. The Morgan fingerprint density at radius 1 is 1.54 bits per heavy atom. The normalized spacial score (nSPS) is 12.5. The van der Waals surface area contributed by atoms with Crippen molar-refractivity contribution in [1.29, 1.82) is 0 Å². The van der Waals surface area contributed by atoms with Crippen LogP contribution in [0.2, 0.25) is 0 Å². The number of rotatable bonds is 4. The molecular formula is C9H15N3O. The van der Waals surface area contributed by atoms with Gasteiger partial charge in [0, 0.05) is 18.8 Å². The lowest BCUT2D eigenvalue weighted by Crippen LogP contribution is -2.17. The lowest BCUT2D eigenvalue weighted by atomic mass is 10.2. The van der Waals surface area contributed by atoms with Crippen LogP contribution in [0.15, 0.2) is 12.4 Å². The summed E-state index contributed by atoms with van der Waals surface area (Å²) in [6.45, 7) is 4.09. The van der Waals surface area contributed by atoms with E-state index in [9.17, 15) is 0 Å². The molecule has 2 N–H and O–H groups in total. The van der Waals surface area contributed by atoms with Gasteiger partial charge >= 0.3 is 0 Å². The van der Waals surface area contributed by atoms with Crippen molar-refractivity contribution in [2.45, 2.75) is 26.3 Å². The van der Waals surface area contributed by atoms with Gasteiger partial charge in [0.1, 0.15) is 5.82 Å². The molecule has 0 unspecified atom stereocenters. The molecule has 13 heavy (non-hydrogen) atoms. The summed E-state index contributed by atoms with van der Waals surface area (Å²) in [5, 5.41) is 11.8. The third kappa shape index (κ3) is 3.38. The largest absolute Gasteiger partial charge is 0.396 e. The van der Waals surface area contributed by atoms with E-state index in [0.29, 0.717) is 0 Å². The molecular weight excluding hydrogens is 166 g/mol. The number of anilines is 1. The first-order valence-corrected chi connectivity index (χ1v) is 4.38. The number of hydrogen-bond donors (Lipinski definition) is 2. The molecule has 1 rings (SSSR count). The zero-order chi connectivity index (χ0) is 9.68. The lowest BCUT2D eigenvalue weighted by molar-refractivity contribution is 0.282. The van der Waals surface area contributed by atoms with Gasteiger partial charge in [-0.2, -0.15) is 0 Å². The average Bonchev–Trinajstić information content (AvgIpc) is 2.04. The fourth-order valence-electron chi connectivity index (χ4n) is 1.05. The van der Waals surface area contributed by atoms with Gasteiger partial charge in [-0.15, -0.1) is 0 Å². The standard InChI is InChI=1S/C9H15N3O/c1-7(3-4-13)11-9-6-10-5-8(2)12-9/h5-7,13H,3-4H2,1-2H3,(H,11,12)/t7-/m1/s1. The summed E-state index contributed by atoms with van der Waals surface area (Å²) < 4.78 is 0. The van der Waals surface area contributed by atoms with Gasteiger partial charge in [0.25, 0.3) is 0 Å². The quantitative estimate of drug-likeness (QED) is 0.726. The highest BCUT2D eigenvalue weighted by molar-refractivity contribution is 5.32. The van der Waals surface area contributed by atoms with Gasteiger partial charge in [0.05, 0.1) is 11.9 Å². The maximum Gasteiger partial charge on any atom is 0.144 e. The van der Waals surface area contributed by atoms with Gasteiger partial charge in [-0.05, 0) is 20.3 Å². The molecule has 0 aliphatic carbocycles. The maximum atomic E-state index is 8.69. The minimum atomic E-state index is 0.188. The Morgan fingerprint density at radius 3 is 2.92 bits per heavy atom. The fourth-order valence-corrected chi connectivity index (χ4v) is 1.05. The second kappa shape index (κ2) is 4.77. The molecule has 0 radical (unpaired) electrons. The Kier molecular flexibility index (Phi) is 3.64. The molecule has 1 aromatic heterocycles. The van der Waals surface area contributed by atoms with Crippen LogP contribution in [0.25, 0.3) is 0 Å². The average molecular weight is 181 g/mol. The predicted molar refractivity (Wildman–Crippen MR) is 51.6 cm³/mol. The Morgan fingerprint density at radius 2 is 2.31 bits per heavy atom. The minimum Gasteiger partial charge on any atom is -0.396 e. The Labute approximate surface area is 78.0 Å². The van der Waals surface area contributed by atoms with Crippen LogP contribution in [0.3, 0.4) is 0 Å². The highest BCUT2D eigenvalue weighted by Crippen LogP contribution is 2.04. The van der Waals surface area contributed by atoms with Gasteiger partial charge in [-0.3, -0.25) is 4.98 Å². The van der Waals surface area contributed by atoms with Crippen molar-refractivity contribution >= 4 is 5.82 Å². The molecule has 4 nitrogen and oxygen atoms in total. The number of hydrogen-bond acceptors (Lipinski definition) is 4. The molecule has 0 aliphatic heterocycles. The van der Waals surface area contributed by atoms with Crippen molar-refractivity contribution in [3.05, 3.63) is 18.1 Å². The smallest absolute Gasteiger partial charge is 0.144 e. The molecule has 0 bridgehead atoms. The first kappa shape index (κ1) is 9.92. The van der Waals surface area contributed by atoms with E-state index < -0.39 is 0 Å². The number of aliphatic hydroxyl groups excluding tert-OH is 1. The zero-order valence-corrected chi connectivity index (χ0v) is 7.99. The lowest BCUT2D eigenvalue weighted by Gasteiger charge is -2.12. The first-order valence-electron chi connectivity index (χ1n) is 4.38. The van der Waals surface area contributed by atoms with E-state index in [1.165, 1.54) is 0 Å². The molecule has 0 amide bonds. The van der Waals surface area contributed by atoms with Crippen LogP contribution >= 0.6 is 0 Å². The van der Waals surface area contributed by atoms with Gasteiger partial charge in [0.15, 0.2) is 0 Å². The Bertz CT molecular complexity index is 265. The van der Waals surface area contributed by atoms with Gasteiger partial charge in [-0.25, -0.2) is 4.98 Å². The SMILES string of the molecule is Cc1cncc(N[C@H](C)CCO)n1. The van der Waals surface area contributed by atoms with E-state index in [1.54, 1.807) is 12.4 Å². The minimum absolute atomic E-state index is 0.188. The summed E-state index contributed by atoms with van der Waals surface area (Å²) in [6, 6.07) is 0.223. The van der Waals surface area contributed by atoms with Crippen molar-refractivity contribution in [3.63, 3.8) is 0 Å². The summed E-state index contributed by atoms with van der Waals surface area (Å²) in [4.78, 5) is 8.25. The number of aliphatic hydroxyl groups is 1. The molecule has 0 saturated heterocycles. The molecule has 1 aromatic rings. The second-order valence-electron chi connectivity index (χ2n) is 3.10. The molecule has 1 heterocycles. The van der Waals surface area contributed by atoms with Crippen LogP contribution in [0, 0.1) is 6.92 Å². The molecule has 72 valence electrons. The highest BCUT2D eigenvalue weighted by atomic mass is 16.3. The third-order valence-electron chi connectivity index (χ3n) is 1.71. The molecule has 0 fully saturated rings. The van der Waals surface area contributed by atoms with Gasteiger partial charge in [-0.1, -0.05) is 0 Å². The third-order valence-corrected chi connectivity index (χ3v) is 1.71. The monoisotopic (exact) mass is 181 g/mol. The first-order chi connectivity index (χ1) is 6.22. The van der Waals surface area contributed by atoms with Gasteiger partial charge in [0.2, 0.25) is 0 Å². The second-order valence-corrected chi connectivity index (χ2v) is 3.10. The number of nitrogens with one attached hydrogen (secondary N) is 1. The summed E-state index contributed by atoms with van der Waals surface area (Å²) >= 11 is 0. The van der Waals surface area contributed by atoms with E-state index in [0.717, 1.165) is 17.9 Å². The summed E-state index contributed by atoms with van der Waals surface area (Å²) in [5.41, 5.74) is 0.890. The van der Waals surface area contributed by atoms with E-state index >= 15 is 0 Å². The van der Waals surface area contributed by atoms with E-state index in [4.69, 9.17) is 5.11 Å². The topological polar surface area (TPSA) is 58.0 Å². The van der Waals surface area contributed by atoms with Crippen molar-refractivity contribution in [2.24, 2.45) is 0 Å². The molecule has 0 aromatic carbocycles. The van der Waals surface area contributed by atoms with Crippen molar-refractivity contribution in [2.75, 3.05) is 11.9 Å². The summed E-state index contributed by atoms with van der Waals surface area (Å²) in [6.07, 6.45) is 4.11. The van der Waals surface area contributed by atoms with Crippen molar-refractivity contribution < 1.29 is 5.11 Å². The summed E-state index contributed by atoms with van der Waals surface area (Å²) in [5.74, 6) is 0.765. The number of aromatic nitrogens is 2. The van der Waals surface area contributed by atoms with Crippen LogP contribution in [-0.2, 0) is 0 Å². The van der Waals surface area contributed by atoms with Gasteiger partial charge < -0.3 is 10.4 Å². The van der Waals surface area contributed by atoms with E-state index in [2.05, 4.69) is 15.3 Å². The number of aryl methyl sites for hydroxylation is 1.